The SMILES string of the molecule is Cc1cc(-n2ccc3c(NC(=O)Cc4ccccc4F)cccc3c2=O)no1. The van der Waals surface area contributed by atoms with Crippen molar-refractivity contribution in [3.05, 3.63) is 88.3 Å². The summed E-state index contributed by atoms with van der Waals surface area (Å²) >= 11 is 0. The minimum Gasteiger partial charge on any atom is -0.360 e. The highest BCUT2D eigenvalue weighted by atomic mass is 19.1. The number of carbonyl (C=O) groups is 1. The number of benzene rings is 2. The van der Waals surface area contributed by atoms with Gasteiger partial charge in [-0.25, -0.2) is 4.39 Å². The zero-order valence-electron chi connectivity index (χ0n) is 15.0. The Morgan fingerprint density at radius 2 is 1.96 bits per heavy atom. The molecule has 0 radical (unpaired) electrons. The smallest absolute Gasteiger partial charge is 0.264 e. The molecule has 1 N–H and O–H groups in total. The molecular weight excluding hydrogens is 361 g/mol. The van der Waals surface area contributed by atoms with Crippen molar-refractivity contribution in [2.75, 3.05) is 5.32 Å². The van der Waals surface area contributed by atoms with Gasteiger partial charge in [0.1, 0.15) is 11.6 Å². The predicted octanol–water partition coefficient (Wildman–Crippen LogP) is 3.61. The molecule has 7 heteroatoms. The molecule has 0 aliphatic carbocycles. The Labute approximate surface area is 159 Å². The van der Waals surface area contributed by atoms with E-state index in [0.717, 1.165) is 0 Å². The third kappa shape index (κ3) is 3.29. The summed E-state index contributed by atoms with van der Waals surface area (Å²) < 4.78 is 20.2. The second-order valence-corrected chi connectivity index (χ2v) is 6.37. The number of rotatable bonds is 4. The van der Waals surface area contributed by atoms with E-state index in [1.54, 1.807) is 61.7 Å². The first-order valence-electron chi connectivity index (χ1n) is 8.64. The molecule has 0 fully saturated rings. The molecular formula is C21H16FN3O3. The lowest BCUT2D eigenvalue weighted by atomic mass is 10.1. The Bertz CT molecular complexity index is 1240. The van der Waals surface area contributed by atoms with Crippen LogP contribution in [0.1, 0.15) is 11.3 Å². The van der Waals surface area contributed by atoms with Gasteiger partial charge in [0.05, 0.1) is 6.42 Å². The maximum Gasteiger partial charge on any atom is 0.264 e. The lowest BCUT2D eigenvalue weighted by Gasteiger charge is -2.10. The van der Waals surface area contributed by atoms with Gasteiger partial charge in [-0.15, -0.1) is 0 Å². The molecule has 28 heavy (non-hydrogen) atoms. The van der Waals surface area contributed by atoms with Crippen molar-refractivity contribution in [2.45, 2.75) is 13.3 Å². The third-order valence-corrected chi connectivity index (χ3v) is 4.39. The number of aryl methyl sites for hydroxylation is 1. The second kappa shape index (κ2) is 7.11. The van der Waals surface area contributed by atoms with Crippen LogP contribution in [0.5, 0.6) is 0 Å². The largest absolute Gasteiger partial charge is 0.360 e. The summed E-state index contributed by atoms with van der Waals surface area (Å²) in [6.07, 6.45) is 1.48. The summed E-state index contributed by atoms with van der Waals surface area (Å²) in [4.78, 5) is 25.2. The zero-order valence-corrected chi connectivity index (χ0v) is 15.0. The minimum atomic E-state index is -0.429. The molecule has 2 heterocycles. The fourth-order valence-electron chi connectivity index (χ4n) is 3.04. The van der Waals surface area contributed by atoms with E-state index in [1.807, 2.05) is 0 Å². The number of nitrogens with one attached hydrogen (secondary N) is 1. The number of anilines is 1. The zero-order chi connectivity index (χ0) is 19.7. The lowest BCUT2D eigenvalue weighted by molar-refractivity contribution is -0.115. The Morgan fingerprint density at radius 1 is 1.14 bits per heavy atom. The van der Waals surface area contributed by atoms with Crippen molar-refractivity contribution < 1.29 is 13.7 Å². The van der Waals surface area contributed by atoms with E-state index in [9.17, 15) is 14.0 Å². The van der Waals surface area contributed by atoms with Crippen LogP contribution in [-0.4, -0.2) is 15.6 Å². The first-order valence-corrected chi connectivity index (χ1v) is 8.64. The van der Waals surface area contributed by atoms with Crippen LogP contribution in [0.2, 0.25) is 0 Å². The fraction of sp³-hybridized carbons (Fsp3) is 0.0952. The Balaban J connectivity index is 1.67. The summed E-state index contributed by atoms with van der Waals surface area (Å²) in [6, 6.07) is 14.6. The molecule has 0 spiro atoms. The summed E-state index contributed by atoms with van der Waals surface area (Å²) in [5.41, 5.74) is 0.513. The van der Waals surface area contributed by atoms with Gasteiger partial charge < -0.3 is 9.84 Å². The number of halogens is 1. The molecule has 2 aromatic heterocycles. The molecule has 1 amide bonds. The number of carbonyl (C=O) groups excluding carboxylic acids is 1. The van der Waals surface area contributed by atoms with Crippen molar-refractivity contribution in [2.24, 2.45) is 0 Å². The molecule has 0 aliphatic heterocycles. The van der Waals surface area contributed by atoms with Gasteiger partial charge in [0.15, 0.2) is 5.82 Å². The van der Waals surface area contributed by atoms with Crippen molar-refractivity contribution in [1.29, 1.82) is 0 Å². The van der Waals surface area contributed by atoms with Gasteiger partial charge in [0, 0.05) is 28.7 Å². The van der Waals surface area contributed by atoms with E-state index in [-0.39, 0.29) is 17.9 Å². The minimum absolute atomic E-state index is 0.0989. The van der Waals surface area contributed by atoms with Gasteiger partial charge in [0.25, 0.3) is 5.56 Å². The van der Waals surface area contributed by atoms with Gasteiger partial charge in [-0.3, -0.25) is 14.2 Å². The average Bonchev–Trinajstić information content (AvgIpc) is 3.10. The van der Waals surface area contributed by atoms with Crippen LogP contribution in [0.15, 0.2) is 70.1 Å². The van der Waals surface area contributed by atoms with Crippen LogP contribution in [-0.2, 0) is 11.2 Å². The van der Waals surface area contributed by atoms with Gasteiger partial charge in [-0.2, -0.15) is 0 Å². The Morgan fingerprint density at radius 3 is 2.71 bits per heavy atom. The summed E-state index contributed by atoms with van der Waals surface area (Å²) in [6.45, 7) is 1.74. The van der Waals surface area contributed by atoms with Crippen molar-refractivity contribution in [3.63, 3.8) is 0 Å². The highest BCUT2D eigenvalue weighted by Gasteiger charge is 2.13. The van der Waals surface area contributed by atoms with E-state index in [0.29, 0.717) is 33.6 Å². The number of hydrogen-bond donors (Lipinski definition) is 1. The normalized spacial score (nSPS) is 10.9. The average molecular weight is 377 g/mol. The quantitative estimate of drug-likeness (QED) is 0.589. The van der Waals surface area contributed by atoms with Gasteiger partial charge in [0.2, 0.25) is 5.91 Å². The molecule has 0 atom stereocenters. The number of aromatic nitrogens is 2. The Hall–Kier alpha value is -3.74. The molecule has 0 saturated carbocycles. The predicted molar refractivity (Wildman–Crippen MR) is 103 cm³/mol. The number of hydrogen-bond acceptors (Lipinski definition) is 4. The van der Waals surface area contributed by atoms with Crippen LogP contribution in [0.3, 0.4) is 0 Å². The molecule has 140 valence electrons. The van der Waals surface area contributed by atoms with Gasteiger partial charge in [-0.05, 0) is 36.8 Å². The van der Waals surface area contributed by atoms with Crippen LogP contribution in [0.25, 0.3) is 16.6 Å². The van der Waals surface area contributed by atoms with Crippen LogP contribution < -0.4 is 10.9 Å². The van der Waals surface area contributed by atoms with Crippen molar-refractivity contribution >= 4 is 22.4 Å². The second-order valence-electron chi connectivity index (χ2n) is 6.37. The molecule has 4 rings (SSSR count). The van der Waals surface area contributed by atoms with E-state index in [2.05, 4.69) is 10.5 Å². The topological polar surface area (TPSA) is 77.1 Å². The van der Waals surface area contributed by atoms with Gasteiger partial charge >= 0.3 is 0 Å². The summed E-state index contributed by atoms with van der Waals surface area (Å²) in [7, 11) is 0. The van der Waals surface area contributed by atoms with Crippen molar-refractivity contribution in [3.8, 4) is 5.82 Å². The maximum absolute atomic E-state index is 13.8. The molecule has 0 aliphatic rings. The summed E-state index contributed by atoms with van der Waals surface area (Å²) in [5, 5.41) is 7.64. The third-order valence-electron chi connectivity index (χ3n) is 4.39. The van der Waals surface area contributed by atoms with E-state index < -0.39 is 5.82 Å². The van der Waals surface area contributed by atoms with Crippen LogP contribution >= 0.6 is 0 Å². The monoisotopic (exact) mass is 377 g/mol. The fourth-order valence-corrected chi connectivity index (χ4v) is 3.04. The lowest BCUT2D eigenvalue weighted by Crippen LogP contribution is -2.19. The van der Waals surface area contributed by atoms with Gasteiger partial charge in [-0.1, -0.05) is 29.4 Å². The van der Waals surface area contributed by atoms with E-state index in [4.69, 9.17) is 4.52 Å². The molecule has 0 bridgehead atoms. The number of fused-ring (bicyclic) bond motifs is 1. The standard InChI is InChI=1S/C21H16FN3O3/c1-13-11-19(24-28-13)25-10-9-15-16(21(25)27)6-4-8-18(15)23-20(26)12-14-5-2-3-7-17(14)22/h2-11H,12H2,1H3,(H,23,26). The number of nitrogens with zero attached hydrogens (tertiary/aromatic N) is 2. The van der Waals surface area contributed by atoms with Crippen molar-refractivity contribution in [1.82, 2.24) is 9.72 Å². The van der Waals surface area contributed by atoms with Crippen LogP contribution in [0, 0.1) is 12.7 Å². The Kier molecular flexibility index (Phi) is 4.49. The molecule has 4 aromatic rings. The molecule has 6 nitrogen and oxygen atoms in total. The number of amides is 1. The first kappa shape index (κ1) is 17.7. The van der Waals surface area contributed by atoms with Crippen LogP contribution in [0.4, 0.5) is 10.1 Å². The molecule has 2 aromatic carbocycles. The first-order chi connectivity index (χ1) is 13.5. The van der Waals surface area contributed by atoms with E-state index in [1.165, 1.54) is 10.6 Å². The summed E-state index contributed by atoms with van der Waals surface area (Å²) in [5.74, 6) is 0.185. The molecule has 0 saturated heterocycles. The highest BCUT2D eigenvalue weighted by molar-refractivity contribution is 6.02. The number of pyridine rings is 1. The molecule has 0 unspecified atom stereocenters. The maximum atomic E-state index is 13.8. The highest BCUT2D eigenvalue weighted by Crippen LogP contribution is 2.22. The van der Waals surface area contributed by atoms with E-state index >= 15 is 0 Å².